The molecule has 0 unspecified atom stereocenters. The van der Waals surface area contributed by atoms with Crippen molar-refractivity contribution in [2.75, 3.05) is 7.11 Å². The lowest BCUT2D eigenvalue weighted by atomic mass is 10.2. The number of ether oxygens (including phenoxy) is 2. The lowest BCUT2D eigenvalue weighted by Crippen LogP contribution is -2.06. The van der Waals surface area contributed by atoms with Crippen molar-refractivity contribution in [1.82, 2.24) is 14.8 Å². The first-order valence-electron chi connectivity index (χ1n) is 9.37. The molecule has 1 heterocycles. The van der Waals surface area contributed by atoms with Crippen molar-refractivity contribution >= 4 is 11.8 Å². The minimum Gasteiger partial charge on any atom is -0.497 e. The molecular weight excluding hydrogens is 401 g/mol. The number of hydrogen-bond donors (Lipinski definition) is 0. The maximum absolute atomic E-state index is 13.2. The fraction of sp³-hybridized carbons (Fsp3) is 0.130. The lowest BCUT2D eigenvalue weighted by molar-refractivity contribution is 0.292. The van der Waals surface area contributed by atoms with Crippen molar-refractivity contribution in [2.45, 2.75) is 17.5 Å². The van der Waals surface area contributed by atoms with Crippen molar-refractivity contribution in [2.24, 2.45) is 0 Å². The van der Waals surface area contributed by atoms with Gasteiger partial charge in [0.1, 0.15) is 23.9 Å². The number of aromatic nitrogens is 3. The molecule has 1 aromatic heterocycles. The number of para-hydroxylation sites is 1. The molecule has 0 bridgehead atoms. The standard InChI is InChI=1S/C23H20FN3O2S/c1-28-20-11-13-21(14-12-20)29-15-22-25-26-23(27(22)19-5-3-2-4-6-19)30-16-17-7-9-18(24)10-8-17/h2-14H,15-16H2,1H3. The number of halogens is 1. The maximum Gasteiger partial charge on any atom is 0.196 e. The van der Waals surface area contributed by atoms with Crippen molar-refractivity contribution < 1.29 is 13.9 Å². The molecule has 3 aromatic carbocycles. The van der Waals surface area contributed by atoms with Crippen LogP contribution in [0.25, 0.3) is 5.69 Å². The summed E-state index contributed by atoms with van der Waals surface area (Å²) >= 11 is 1.54. The molecule has 30 heavy (non-hydrogen) atoms. The molecule has 0 radical (unpaired) electrons. The van der Waals surface area contributed by atoms with Crippen LogP contribution in [0, 0.1) is 5.82 Å². The number of methoxy groups -OCH3 is 1. The molecule has 5 nitrogen and oxygen atoms in total. The molecule has 0 fully saturated rings. The first kappa shape index (κ1) is 20.0. The SMILES string of the molecule is COc1ccc(OCc2nnc(SCc3ccc(F)cc3)n2-c2ccccc2)cc1. The summed E-state index contributed by atoms with van der Waals surface area (Å²) in [6.45, 7) is 0.269. The molecule has 0 N–H and O–H groups in total. The fourth-order valence-electron chi connectivity index (χ4n) is 2.87. The van der Waals surface area contributed by atoms with E-state index < -0.39 is 0 Å². The van der Waals surface area contributed by atoms with E-state index in [2.05, 4.69) is 10.2 Å². The van der Waals surface area contributed by atoms with Crippen molar-refractivity contribution in [1.29, 1.82) is 0 Å². The second-order valence-electron chi connectivity index (χ2n) is 6.45. The highest BCUT2D eigenvalue weighted by molar-refractivity contribution is 7.98. The Kier molecular flexibility index (Phi) is 6.29. The van der Waals surface area contributed by atoms with E-state index in [1.807, 2.05) is 59.2 Å². The summed E-state index contributed by atoms with van der Waals surface area (Å²) < 4.78 is 26.2. The largest absolute Gasteiger partial charge is 0.497 e. The van der Waals surface area contributed by atoms with E-state index in [9.17, 15) is 4.39 Å². The topological polar surface area (TPSA) is 49.2 Å². The van der Waals surface area contributed by atoms with E-state index in [0.717, 1.165) is 27.9 Å². The third-order valence-electron chi connectivity index (χ3n) is 4.42. The molecule has 0 amide bonds. The maximum atomic E-state index is 13.2. The van der Waals surface area contributed by atoms with Gasteiger partial charge in [-0.25, -0.2) is 4.39 Å². The number of rotatable bonds is 8. The summed E-state index contributed by atoms with van der Waals surface area (Å²) in [4.78, 5) is 0. The van der Waals surface area contributed by atoms with E-state index in [4.69, 9.17) is 9.47 Å². The highest BCUT2D eigenvalue weighted by Gasteiger charge is 2.15. The van der Waals surface area contributed by atoms with E-state index >= 15 is 0 Å². The van der Waals surface area contributed by atoms with Gasteiger partial charge in [0.05, 0.1) is 7.11 Å². The number of benzene rings is 3. The summed E-state index contributed by atoms with van der Waals surface area (Å²) in [6.07, 6.45) is 0. The highest BCUT2D eigenvalue weighted by atomic mass is 32.2. The van der Waals surface area contributed by atoms with E-state index in [1.165, 1.54) is 12.1 Å². The van der Waals surface area contributed by atoms with Crippen LogP contribution in [0.15, 0.2) is 84.0 Å². The van der Waals surface area contributed by atoms with E-state index in [0.29, 0.717) is 11.6 Å². The molecule has 0 aliphatic rings. The minimum atomic E-state index is -0.242. The molecule has 0 saturated heterocycles. The number of thioether (sulfide) groups is 1. The Morgan fingerprint density at radius 1 is 0.867 bits per heavy atom. The zero-order chi connectivity index (χ0) is 20.8. The Labute approximate surface area is 178 Å². The normalized spacial score (nSPS) is 10.7. The summed E-state index contributed by atoms with van der Waals surface area (Å²) in [5, 5.41) is 9.47. The highest BCUT2D eigenvalue weighted by Crippen LogP contribution is 2.26. The average molecular weight is 421 g/mol. The molecule has 0 saturated carbocycles. The monoisotopic (exact) mass is 421 g/mol. The van der Waals surface area contributed by atoms with Gasteiger partial charge in [-0.2, -0.15) is 0 Å². The molecule has 152 valence electrons. The molecule has 4 rings (SSSR count). The van der Waals surface area contributed by atoms with Gasteiger partial charge < -0.3 is 9.47 Å². The first-order valence-corrected chi connectivity index (χ1v) is 10.4. The van der Waals surface area contributed by atoms with Gasteiger partial charge in [-0.15, -0.1) is 10.2 Å². The van der Waals surface area contributed by atoms with Crippen LogP contribution >= 0.6 is 11.8 Å². The Balaban J connectivity index is 1.54. The van der Waals surface area contributed by atoms with Crippen LogP contribution in [0.1, 0.15) is 11.4 Å². The van der Waals surface area contributed by atoms with Crippen LogP contribution in [-0.4, -0.2) is 21.9 Å². The first-order chi connectivity index (χ1) is 14.7. The second kappa shape index (κ2) is 9.45. The quantitative estimate of drug-likeness (QED) is 0.362. The Bertz CT molecular complexity index is 1080. The van der Waals surface area contributed by atoms with Gasteiger partial charge in [-0.05, 0) is 54.1 Å². The predicted octanol–water partition coefficient (Wildman–Crippen LogP) is 5.29. The fourth-order valence-corrected chi connectivity index (χ4v) is 3.80. The Morgan fingerprint density at radius 2 is 1.57 bits per heavy atom. The third-order valence-corrected chi connectivity index (χ3v) is 5.42. The van der Waals surface area contributed by atoms with Crippen LogP contribution in [-0.2, 0) is 12.4 Å². The second-order valence-corrected chi connectivity index (χ2v) is 7.39. The molecular formula is C23H20FN3O2S. The number of nitrogens with zero attached hydrogens (tertiary/aromatic N) is 3. The molecule has 0 aliphatic heterocycles. The Morgan fingerprint density at radius 3 is 2.27 bits per heavy atom. The van der Waals surface area contributed by atoms with Crippen molar-refractivity contribution in [3.05, 3.63) is 96.1 Å². The van der Waals surface area contributed by atoms with Crippen LogP contribution in [0.4, 0.5) is 4.39 Å². The van der Waals surface area contributed by atoms with Crippen LogP contribution < -0.4 is 9.47 Å². The Hall–Kier alpha value is -3.32. The van der Waals surface area contributed by atoms with Crippen molar-refractivity contribution in [3.63, 3.8) is 0 Å². The van der Waals surface area contributed by atoms with E-state index in [-0.39, 0.29) is 12.4 Å². The molecule has 4 aromatic rings. The minimum absolute atomic E-state index is 0.242. The van der Waals surface area contributed by atoms with Gasteiger partial charge in [0.15, 0.2) is 11.0 Å². The molecule has 0 spiro atoms. The van der Waals surface area contributed by atoms with E-state index in [1.54, 1.807) is 31.0 Å². The van der Waals surface area contributed by atoms with Crippen LogP contribution in [0.3, 0.4) is 0 Å². The average Bonchev–Trinajstić information content (AvgIpc) is 3.21. The van der Waals surface area contributed by atoms with Crippen LogP contribution in [0.2, 0.25) is 0 Å². The smallest absolute Gasteiger partial charge is 0.196 e. The zero-order valence-electron chi connectivity index (χ0n) is 16.4. The van der Waals surface area contributed by atoms with Crippen molar-refractivity contribution in [3.8, 4) is 17.2 Å². The van der Waals surface area contributed by atoms with Crippen LogP contribution in [0.5, 0.6) is 11.5 Å². The molecule has 0 aliphatic carbocycles. The van der Waals surface area contributed by atoms with Gasteiger partial charge in [0.2, 0.25) is 0 Å². The lowest BCUT2D eigenvalue weighted by Gasteiger charge is -2.11. The van der Waals surface area contributed by atoms with Gasteiger partial charge in [0, 0.05) is 11.4 Å². The summed E-state index contributed by atoms with van der Waals surface area (Å²) in [6, 6.07) is 23.8. The third kappa shape index (κ3) is 4.80. The summed E-state index contributed by atoms with van der Waals surface area (Å²) in [5.74, 6) is 2.60. The predicted molar refractivity (Wildman–Crippen MR) is 115 cm³/mol. The van der Waals surface area contributed by atoms with Gasteiger partial charge in [-0.3, -0.25) is 4.57 Å². The van der Waals surface area contributed by atoms with Gasteiger partial charge >= 0.3 is 0 Å². The molecule has 0 atom stereocenters. The number of hydrogen-bond acceptors (Lipinski definition) is 5. The summed E-state index contributed by atoms with van der Waals surface area (Å²) in [7, 11) is 1.63. The van der Waals surface area contributed by atoms with Gasteiger partial charge in [0.25, 0.3) is 0 Å². The molecule has 7 heteroatoms. The summed E-state index contributed by atoms with van der Waals surface area (Å²) in [5.41, 5.74) is 1.97. The zero-order valence-corrected chi connectivity index (χ0v) is 17.2. The van der Waals surface area contributed by atoms with Gasteiger partial charge in [-0.1, -0.05) is 42.1 Å².